The van der Waals surface area contributed by atoms with Crippen LogP contribution in [0.25, 0.3) is 0 Å². The molecule has 1 aromatic rings. The number of ether oxygens (including phenoxy) is 5. The van der Waals surface area contributed by atoms with Gasteiger partial charge in [-0.15, -0.1) is 0 Å². The maximum atomic E-state index is 10.9. The third kappa shape index (κ3) is 3.21. The second-order valence-electron chi connectivity index (χ2n) is 5.99. The van der Waals surface area contributed by atoms with E-state index in [0.29, 0.717) is 6.61 Å². The van der Waals surface area contributed by atoms with Crippen LogP contribution < -0.4 is 0 Å². The van der Waals surface area contributed by atoms with E-state index in [1.54, 1.807) is 6.92 Å². The molecule has 2 saturated heterocycles. The molecule has 134 valence electrons. The van der Waals surface area contributed by atoms with Gasteiger partial charge in [-0.05, 0) is 6.92 Å². The Bertz CT molecular complexity index is 525. The van der Waals surface area contributed by atoms with Gasteiger partial charge in [0.2, 0.25) is 0 Å². The Balaban J connectivity index is 1.79. The maximum absolute atomic E-state index is 10.9. The van der Waals surface area contributed by atoms with Crippen molar-refractivity contribution in [2.24, 2.45) is 0 Å². The van der Waals surface area contributed by atoms with Gasteiger partial charge in [0.05, 0.1) is 13.2 Å². The van der Waals surface area contributed by atoms with E-state index in [1.807, 2.05) is 30.3 Å². The molecule has 0 aromatic heterocycles. The highest BCUT2D eigenvalue weighted by Crippen LogP contribution is 2.38. The summed E-state index contributed by atoms with van der Waals surface area (Å²) >= 11 is 0. The molecular weight excluding hydrogens is 316 g/mol. The SMILES string of the molecule is CCOC[C@]1(O)[C@H](OC)O[C@@H]2COC(c3ccccc3)O[C@H]2[C@@H]1O. The fourth-order valence-electron chi connectivity index (χ4n) is 3.11. The molecule has 0 spiro atoms. The summed E-state index contributed by atoms with van der Waals surface area (Å²) in [7, 11) is 1.41. The van der Waals surface area contributed by atoms with Gasteiger partial charge in [0.1, 0.15) is 18.3 Å². The van der Waals surface area contributed by atoms with Crippen LogP contribution in [0, 0.1) is 0 Å². The monoisotopic (exact) mass is 340 g/mol. The molecule has 0 aliphatic carbocycles. The Labute approximate surface area is 141 Å². The van der Waals surface area contributed by atoms with E-state index in [4.69, 9.17) is 23.7 Å². The second kappa shape index (κ2) is 7.45. The third-order valence-electron chi connectivity index (χ3n) is 4.41. The van der Waals surface area contributed by atoms with Crippen LogP contribution >= 0.6 is 0 Å². The lowest BCUT2D eigenvalue weighted by molar-refractivity contribution is -0.388. The van der Waals surface area contributed by atoms with E-state index in [0.717, 1.165) is 5.56 Å². The molecule has 2 heterocycles. The highest BCUT2D eigenvalue weighted by molar-refractivity contribution is 5.17. The first-order chi connectivity index (χ1) is 11.6. The zero-order valence-electron chi connectivity index (χ0n) is 13.8. The van der Waals surface area contributed by atoms with Gasteiger partial charge in [0, 0.05) is 19.3 Å². The number of aliphatic hydroxyl groups excluding tert-OH is 1. The van der Waals surface area contributed by atoms with Crippen molar-refractivity contribution in [3.63, 3.8) is 0 Å². The number of hydrogen-bond donors (Lipinski definition) is 2. The van der Waals surface area contributed by atoms with Gasteiger partial charge < -0.3 is 33.9 Å². The molecule has 2 fully saturated rings. The minimum atomic E-state index is -1.72. The number of methoxy groups -OCH3 is 1. The summed E-state index contributed by atoms with van der Waals surface area (Å²) in [5.41, 5.74) is -0.879. The molecule has 7 heteroatoms. The standard InChI is InChI=1S/C17H24O7/c1-3-21-10-17(19)14(18)13-12(23-16(17)20-2)9-22-15(24-13)11-7-5-4-6-8-11/h4-8,12-16,18-19H,3,9-10H2,1-2H3/t12-,13-,14+,15?,16-,17-/m1/s1. The molecular formula is C17H24O7. The van der Waals surface area contributed by atoms with Gasteiger partial charge in [-0.3, -0.25) is 0 Å². The van der Waals surface area contributed by atoms with Crippen molar-refractivity contribution in [2.45, 2.75) is 43.4 Å². The van der Waals surface area contributed by atoms with Gasteiger partial charge in [-0.1, -0.05) is 30.3 Å². The van der Waals surface area contributed by atoms with E-state index in [1.165, 1.54) is 7.11 Å². The summed E-state index contributed by atoms with van der Waals surface area (Å²) in [4.78, 5) is 0. The number of benzene rings is 1. The van der Waals surface area contributed by atoms with Gasteiger partial charge in [0.25, 0.3) is 0 Å². The molecule has 0 amide bonds. The third-order valence-corrected chi connectivity index (χ3v) is 4.41. The molecule has 3 rings (SSSR count). The summed E-state index contributed by atoms with van der Waals surface area (Å²) < 4.78 is 27.9. The van der Waals surface area contributed by atoms with Gasteiger partial charge in [-0.25, -0.2) is 0 Å². The van der Waals surface area contributed by atoms with Crippen LogP contribution in [-0.4, -0.2) is 67.3 Å². The number of hydrogen-bond acceptors (Lipinski definition) is 7. The van der Waals surface area contributed by atoms with Crippen LogP contribution in [0.3, 0.4) is 0 Å². The van der Waals surface area contributed by atoms with Crippen molar-refractivity contribution >= 4 is 0 Å². The lowest BCUT2D eigenvalue weighted by Crippen LogP contribution is -2.70. The summed E-state index contributed by atoms with van der Waals surface area (Å²) in [6.45, 7) is 2.31. The topological polar surface area (TPSA) is 86.6 Å². The Morgan fingerprint density at radius 1 is 1.25 bits per heavy atom. The van der Waals surface area contributed by atoms with Crippen LogP contribution in [-0.2, 0) is 23.7 Å². The summed E-state index contributed by atoms with van der Waals surface area (Å²) in [5.74, 6) is 0. The molecule has 2 aliphatic rings. The minimum Gasteiger partial charge on any atom is -0.387 e. The average molecular weight is 340 g/mol. The molecule has 7 nitrogen and oxygen atoms in total. The van der Waals surface area contributed by atoms with E-state index in [-0.39, 0.29) is 13.2 Å². The molecule has 0 saturated carbocycles. The zero-order chi connectivity index (χ0) is 17.2. The molecule has 24 heavy (non-hydrogen) atoms. The predicted molar refractivity (Wildman–Crippen MR) is 83.1 cm³/mol. The molecule has 0 bridgehead atoms. The van der Waals surface area contributed by atoms with Crippen molar-refractivity contribution in [3.8, 4) is 0 Å². The van der Waals surface area contributed by atoms with Crippen molar-refractivity contribution in [1.29, 1.82) is 0 Å². The Morgan fingerprint density at radius 3 is 2.67 bits per heavy atom. The van der Waals surface area contributed by atoms with Gasteiger partial charge in [0.15, 0.2) is 18.2 Å². The maximum Gasteiger partial charge on any atom is 0.191 e. The Kier molecular flexibility index (Phi) is 5.51. The number of rotatable bonds is 5. The largest absolute Gasteiger partial charge is 0.387 e. The quantitative estimate of drug-likeness (QED) is 0.812. The predicted octanol–water partition coefficient (Wildman–Crippen LogP) is 0.600. The van der Waals surface area contributed by atoms with E-state index >= 15 is 0 Å². The van der Waals surface area contributed by atoms with Gasteiger partial charge in [-0.2, -0.15) is 0 Å². The lowest BCUT2D eigenvalue weighted by Gasteiger charge is -2.51. The first kappa shape index (κ1) is 17.8. The van der Waals surface area contributed by atoms with Crippen LogP contribution in [0.5, 0.6) is 0 Å². The molecule has 1 aromatic carbocycles. The van der Waals surface area contributed by atoms with Crippen molar-refractivity contribution < 1.29 is 33.9 Å². The molecule has 2 N–H and O–H groups in total. The van der Waals surface area contributed by atoms with Crippen LogP contribution in [0.15, 0.2) is 30.3 Å². The van der Waals surface area contributed by atoms with Crippen molar-refractivity contribution in [3.05, 3.63) is 35.9 Å². The first-order valence-corrected chi connectivity index (χ1v) is 8.08. The van der Waals surface area contributed by atoms with E-state index < -0.39 is 36.5 Å². The fraction of sp³-hybridized carbons (Fsp3) is 0.647. The Morgan fingerprint density at radius 2 is 2.00 bits per heavy atom. The van der Waals surface area contributed by atoms with E-state index in [2.05, 4.69) is 0 Å². The van der Waals surface area contributed by atoms with Gasteiger partial charge >= 0.3 is 0 Å². The minimum absolute atomic E-state index is 0.118. The lowest BCUT2D eigenvalue weighted by atomic mass is 9.86. The number of fused-ring (bicyclic) bond motifs is 1. The molecule has 2 aliphatic heterocycles. The smallest absolute Gasteiger partial charge is 0.191 e. The van der Waals surface area contributed by atoms with Crippen LogP contribution in [0.1, 0.15) is 18.8 Å². The number of aliphatic hydroxyl groups is 2. The highest BCUT2D eigenvalue weighted by atomic mass is 16.8. The van der Waals surface area contributed by atoms with Crippen molar-refractivity contribution in [1.82, 2.24) is 0 Å². The molecule has 1 unspecified atom stereocenters. The Hall–Kier alpha value is -1.06. The summed E-state index contributed by atoms with van der Waals surface area (Å²) in [6.07, 6.45) is -4.17. The zero-order valence-corrected chi connectivity index (χ0v) is 13.8. The summed E-state index contributed by atoms with van der Waals surface area (Å²) in [5, 5.41) is 21.6. The van der Waals surface area contributed by atoms with E-state index in [9.17, 15) is 10.2 Å². The fourth-order valence-corrected chi connectivity index (χ4v) is 3.11. The molecule has 0 radical (unpaired) electrons. The van der Waals surface area contributed by atoms with Crippen LogP contribution in [0.2, 0.25) is 0 Å². The van der Waals surface area contributed by atoms with Crippen molar-refractivity contribution in [2.75, 3.05) is 26.9 Å². The summed E-state index contributed by atoms with van der Waals surface area (Å²) in [6, 6.07) is 9.43. The first-order valence-electron chi connectivity index (χ1n) is 8.08. The second-order valence-corrected chi connectivity index (χ2v) is 5.99. The van der Waals surface area contributed by atoms with Crippen LogP contribution in [0.4, 0.5) is 0 Å². The highest BCUT2D eigenvalue weighted by Gasteiger charge is 2.58. The average Bonchev–Trinajstić information content (AvgIpc) is 2.63. The molecule has 6 atom stereocenters. The normalized spacial score (nSPS) is 39.4.